The molecule has 0 aliphatic carbocycles. The quantitative estimate of drug-likeness (QED) is 0.821. The first-order valence-corrected chi connectivity index (χ1v) is 5.87. The number of para-hydroxylation sites is 2. The summed E-state index contributed by atoms with van der Waals surface area (Å²) in [7, 11) is 0. The minimum Gasteiger partial charge on any atom is -0.370 e. The van der Waals surface area contributed by atoms with Crippen LogP contribution in [0.25, 0.3) is 11.0 Å². The summed E-state index contributed by atoms with van der Waals surface area (Å²) >= 11 is 0. The topological polar surface area (TPSA) is 80.9 Å². The number of benzene rings is 1. The lowest BCUT2D eigenvalue weighted by Crippen LogP contribution is -2.30. The first kappa shape index (κ1) is 12.4. The Hall–Kier alpha value is -2.01. The van der Waals surface area contributed by atoms with E-state index in [9.17, 15) is 4.79 Å². The zero-order valence-electron chi connectivity index (χ0n) is 10.3. The number of hydrogen-bond donors (Lipinski definition) is 2. The summed E-state index contributed by atoms with van der Waals surface area (Å²) in [6.45, 7) is 2.49. The van der Waals surface area contributed by atoms with E-state index in [2.05, 4.69) is 15.3 Å². The molecule has 0 fully saturated rings. The van der Waals surface area contributed by atoms with Gasteiger partial charge in [-0.1, -0.05) is 12.1 Å². The number of nitrogens with two attached hydrogens (primary N) is 1. The monoisotopic (exact) mass is 244 g/mol. The molecule has 5 heteroatoms. The van der Waals surface area contributed by atoms with Crippen LogP contribution in [0.4, 0.5) is 0 Å². The predicted molar refractivity (Wildman–Crippen MR) is 69.7 cm³/mol. The molecule has 0 radical (unpaired) electrons. The fourth-order valence-corrected chi connectivity index (χ4v) is 1.73. The van der Waals surface area contributed by atoms with E-state index in [4.69, 9.17) is 5.73 Å². The molecule has 0 aliphatic rings. The second kappa shape index (κ2) is 5.55. The summed E-state index contributed by atoms with van der Waals surface area (Å²) in [5, 5.41) is 3.19. The predicted octanol–water partition coefficient (Wildman–Crippen LogP) is 0.983. The Morgan fingerprint density at radius 2 is 2.11 bits per heavy atom. The molecule has 94 valence electrons. The van der Waals surface area contributed by atoms with E-state index in [1.807, 2.05) is 31.2 Å². The highest BCUT2D eigenvalue weighted by molar-refractivity contribution is 5.74. The van der Waals surface area contributed by atoms with E-state index in [0.29, 0.717) is 13.0 Å². The third-order valence-electron chi connectivity index (χ3n) is 2.64. The summed E-state index contributed by atoms with van der Waals surface area (Å²) in [6, 6.07) is 7.76. The Labute approximate surface area is 105 Å². The minimum atomic E-state index is -0.306. The fraction of sp³-hybridized carbons (Fsp3) is 0.308. The average molecular weight is 244 g/mol. The van der Waals surface area contributed by atoms with Crippen LogP contribution in [0.15, 0.2) is 30.5 Å². The lowest BCUT2D eigenvalue weighted by Gasteiger charge is -2.11. The molecule has 2 rings (SSSR count). The molecule has 1 atom stereocenters. The Balaban J connectivity index is 2.01. The van der Waals surface area contributed by atoms with Gasteiger partial charge in [-0.25, -0.2) is 4.98 Å². The van der Waals surface area contributed by atoms with Gasteiger partial charge in [0.05, 0.1) is 22.9 Å². The van der Waals surface area contributed by atoms with E-state index >= 15 is 0 Å². The van der Waals surface area contributed by atoms with Crippen molar-refractivity contribution in [2.75, 3.05) is 0 Å². The molecule has 18 heavy (non-hydrogen) atoms. The summed E-state index contributed by atoms with van der Waals surface area (Å²) < 4.78 is 0. The van der Waals surface area contributed by atoms with E-state index < -0.39 is 0 Å². The molecule has 1 aromatic carbocycles. The summed E-state index contributed by atoms with van der Waals surface area (Å²) in [6.07, 6.45) is 2.06. The van der Waals surface area contributed by atoms with Crippen LogP contribution in [0.1, 0.15) is 19.0 Å². The van der Waals surface area contributed by atoms with E-state index in [-0.39, 0.29) is 11.9 Å². The molecular formula is C13H16N4O. The normalized spacial score (nSPS) is 12.5. The lowest BCUT2D eigenvalue weighted by molar-refractivity contribution is -0.118. The van der Waals surface area contributed by atoms with Crippen LogP contribution in [0.2, 0.25) is 0 Å². The maximum atomic E-state index is 10.8. The van der Waals surface area contributed by atoms with Crippen molar-refractivity contribution in [1.82, 2.24) is 15.3 Å². The van der Waals surface area contributed by atoms with E-state index in [1.54, 1.807) is 6.20 Å². The highest BCUT2D eigenvalue weighted by atomic mass is 16.1. The van der Waals surface area contributed by atoms with Crippen LogP contribution in [0.5, 0.6) is 0 Å². The maximum Gasteiger partial charge on any atom is 0.218 e. The first-order chi connectivity index (χ1) is 8.65. The minimum absolute atomic E-state index is 0.0378. The van der Waals surface area contributed by atoms with Crippen LogP contribution in [0.3, 0.4) is 0 Å². The third kappa shape index (κ3) is 3.24. The smallest absolute Gasteiger partial charge is 0.218 e. The van der Waals surface area contributed by atoms with Crippen LogP contribution < -0.4 is 11.1 Å². The molecule has 1 amide bonds. The van der Waals surface area contributed by atoms with Crippen molar-refractivity contribution in [3.63, 3.8) is 0 Å². The molecular weight excluding hydrogens is 228 g/mol. The molecule has 0 bridgehead atoms. The van der Waals surface area contributed by atoms with Crippen LogP contribution >= 0.6 is 0 Å². The van der Waals surface area contributed by atoms with E-state index in [0.717, 1.165) is 16.7 Å². The number of carbonyl (C=O) groups is 1. The molecule has 1 heterocycles. The Morgan fingerprint density at radius 1 is 1.39 bits per heavy atom. The maximum absolute atomic E-state index is 10.8. The largest absolute Gasteiger partial charge is 0.370 e. The van der Waals surface area contributed by atoms with Crippen molar-refractivity contribution in [3.05, 3.63) is 36.2 Å². The van der Waals surface area contributed by atoms with Gasteiger partial charge in [0.2, 0.25) is 5.91 Å². The van der Waals surface area contributed by atoms with Gasteiger partial charge in [0, 0.05) is 19.0 Å². The van der Waals surface area contributed by atoms with Crippen molar-refractivity contribution in [1.29, 1.82) is 0 Å². The van der Waals surface area contributed by atoms with Gasteiger partial charge in [-0.3, -0.25) is 9.78 Å². The lowest BCUT2D eigenvalue weighted by atomic mass is 10.2. The van der Waals surface area contributed by atoms with Gasteiger partial charge in [0.1, 0.15) is 0 Å². The summed E-state index contributed by atoms with van der Waals surface area (Å²) in [5.74, 6) is -0.306. The SMILES string of the molecule is CC(CC(N)=O)NCc1cnc2ccccc2n1. The molecule has 0 saturated carbocycles. The second-order valence-corrected chi connectivity index (χ2v) is 4.30. The second-order valence-electron chi connectivity index (χ2n) is 4.30. The standard InChI is InChI=1S/C13H16N4O/c1-9(6-13(14)18)15-7-10-8-16-11-4-2-3-5-12(11)17-10/h2-5,8-9,15H,6-7H2,1H3,(H2,14,18). The third-order valence-corrected chi connectivity index (χ3v) is 2.64. The van der Waals surface area contributed by atoms with Crippen molar-refractivity contribution in [3.8, 4) is 0 Å². The highest BCUT2D eigenvalue weighted by Gasteiger charge is 2.06. The zero-order valence-corrected chi connectivity index (χ0v) is 10.3. The van der Waals surface area contributed by atoms with Crippen molar-refractivity contribution in [2.24, 2.45) is 5.73 Å². The van der Waals surface area contributed by atoms with Crippen molar-refractivity contribution >= 4 is 16.9 Å². The van der Waals surface area contributed by atoms with Gasteiger partial charge in [0.25, 0.3) is 0 Å². The number of nitrogens with zero attached hydrogens (tertiary/aromatic N) is 2. The van der Waals surface area contributed by atoms with Gasteiger partial charge in [-0.15, -0.1) is 0 Å². The summed E-state index contributed by atoms with van der Waals surface area (Å²) in [5.41, 5.74) is 7.74. The van der Waals surface area contributed by atoms with Gasteiger partial charge >= 0.3 is 0 Å². The van der Waals surface area contributed by atoms with Crippen LogP contribution in [0, 0.1) is 0 Å². The van der Waals surface area contributed by atoms with Gasteiger partial charge in [-0.2, -0.15) is 0 Å². The molecule has 2 aromatic rings. The average Bonchev–Trinajstić information content (AvgIpc) is 2.35. The number of fused-ring (bicyclic) bond motifs is 1. The Kier molecular flexibility index (Phi) is 3.84. The Morgan fingerprint density at radius 3 is 2.83 bits per heavy atom. The van der Waals surface area contributed by atoms with Crippen LogP contribution in [-0.4, -0.2) is 21.9 Å². The molecule has 0 spiro atoms. The van der Waals surface area contributed by atoms with Crippen molar-refractivity contribution in [2.45, 2.75) is 25.9 Å². The molecule has 1 unspecified atom stereocenters. The molecule has 5 nitrogen and oxygen atoms in total. The number of carbonyl (C=O) groups excluding carboxylic acids is 1. The van der Waals surface area contributed by atoms with Crippen LogP contribution in [-0.2, 0) is 11.3 Å². The fourth-order valence-electron chi connectivity index (χ4n) is 1.73. The molecule has 0 saturated heterocycles. The number of aromatic nitrogens is 2. The zero-order chi connectivity index (χ0) is 13.0. The molecule has 1 aromatic heterocycles. The molecule has 3 N–H and O–H groups in total. The number of rotatable bonds is 5. The Bertz CT molecular complexity index is 555. The van der Waals surface area contributed by atoms with E-state index in [1.165, 1.54) is 0 Å². The first-order valence-electron chi connectivity index (χ1n) is 5.87. The number of amides is 1. The molecule has 0 aliphatic heterocycles. The number of hydrogen-bond acceptors (Lipinski definition) is 4. The van der Waals surface area contributed by atoms with Gasteiger partial charge < -0.3 is 11.1 Å². The van der Waals surface area contributed by atoms with Gasteiger partial charge in [-0.05, 0) is 19.1 Å². The number of primary amides is 1. The van der Waals surface area contributed by atoms with Crippen molar-refractivity contribution < 1.29 is 4.79 Å². The summed E-state index contributed by atoms with van der Waals surface area (Å²) in [4.78, 5) is 19.6. The highest BCUT2D eigenvalue weighted by Crippen LogP contribution is 2.08. The van der Waals surface area contributed by atoms with Gasteiger partial charge in [0.15, 0.2) is 0 Å². The number of nitrogens with one attached hydrogen (secondary N) is 1.